The number of thioether (sulfide) groups is 1. The minimum absolute atomic E-state index is 0.210. The molecule has 1 fully saturated rings. The molecule has 1 heterocycles. The van der Waals surface area contributed by atoms with Crippen molar-refractivity contribution in [1.82, 2.24) is 5.32 Å². The molecule has 100 valence electrons. The molecule has 0 bridgehead atoms. The topological polar surface area (TPSA) is 38.0 Å². The molecule has 0 aliphatic carbocycles. The molecule has 1 aromatic carbocycles. The first-order valence-corrected chi connectivity index (χ1v) is 6.75. The van der Waals surface area contributed by atoms with Crippen LogP contribution in [0.15, 0.2) is 23.1 Å². The molecule has 2 rings (SSSR count). The minimum Gasteiger partial charge on any atom is -0.398 e. The standard InChI is InChI=1S/C12H15F3N2S/c13-12(14,15)9-1-2-11(10(16)5-9)18-4-3-8-6-17-7-8/h1-2,5,8,17H,3-4,6-7,16H2. The summed E-state index contributed by atoms with van der Waals surface area (Å²) in [5.41, 5.74) is 5.17. The predicted molar refractivity (Wildman–Crippen MR) is 67.6 cm³/mol. The van der Waals surface area contributed by atoms with Gasteiger partial charge in [-0.05, 0) is 49.4 Å². The van der Waals surface area contributed by atoms with Crippen LogP contribution in [0.4, 0.5) is 18.9 Å². The van der Waals surface area contributed by atoms with E-state index in [1.165, 1.54) is 17.8 Å². The van der Waals surface area contributed by atoms with E-state index in [-0.39, 0.29) is 5.69 Å². The van der Waals surface area contributed by atoms with Gasteiger partial charge in [0.2, 0.25) is 0 Å². The third-order valence-corrected chi connectivity index (χ3v) is 4.11. The quantitative estimate of drug-likeness (QED) is 0.656. The van der Waals surface area contributed by atoms with E-state index in [4.69, 9.17) is 5.73 Å². The summed E-state index contributed by atoms with van der Waals surface area (Å²) in [5.74, 6) is 1.59. The third-order valence-electron chi connectivity index (χ3n) is 2.99. The predicted octanol–water partition coefficient (Wildman–Crippen LogP) is 2.99. The van der Waals surface area contributed by atoms with E-state index in [1.807, 2.05) is 0 Å². The van der Waals surface area contributed by atoms with Gasteiger partial charge in [-0.2, -0.15) is 13.2 Å². The largest absolute Gasteiger partial charge is 0.416 e. The maximum atomic E-state index is 12.4. The molecule has 0 atom stereocenters. The van der Waals surface area contributed by atoms with Crippen molar-refractivity contribution >= 4 is 17.4 Å². The Hall–Kier alpha value is -0.880. The van der Waals surface area contributed by atoms with Crippen LogP contribution in [0.2, 0.25) is 0 Å². The lowest BCUT2D eigenvalue weighted by atomic mass is 10.0. The van der Waals surface area contributed by atoms with Crippen LogP contribution in [0, 0.1) is 5.92 Å². The molecule has 3 N–H and O–H groups in total. The number of nitrogens with one attached hydrogen (secondary N) is 1. The number of nitrogens with two attached hydrogens (primary N) is 1. The van der Waals surface area contributed by atoms with Crippen LogP contribution in [-0.4, -0.2) is 18.8 Å². The van der Waals surface area contributed by atoms with E-state index < -0.39 is 11.7 Å². The van der Waals surface area contributed by atoms with Gasteiger partial charge in [0.15, 0.2) is 0 Å². The van der Waals surface area contributed by atoms with Gasteiger partial charge in [-0.3, -0.25) is 0 Å². The molecule has 1 aliphatic rings. The van der Waals surface area contributed by atoms with Crippen molar-refractivity contribution in [2.45, 2.75) is 17.5 Å². The molecule has 0 radical (unpaired) electrons. The summed E-state index contributed by atoms with van der Waals surface area (Å²) in [7, 11) is 0. The van der Waals surface area contributed by atoms with Crippen LogP contribution in [0.3, 0.4) is 0 Å². The average Bonchev–Trinajstić information content (AvgIpc) is 2.22. The van der Waals surface area contributed by atoms with E-state index in [0.29, 0.717) is 5.92 Å². The van der Waals surface area contributed by atoms with E-state index in [9.17, 15) is 13.2 Å². The van der Waals surface area contributed by atoms with Crippen LogP contribution < -0.4 is 11.1 Å². The van der Waals surface area contributed by atoms with Crippen LogP contribution in [0.5, 0.6) is 0 Å². The van der Waals surface area contributed by atoms with Gasteiger partial charge in [-0.15, -0.1) is 11.8 Å². The zero-order valence-electron chi connectivity index (χ0n) is 9.76. The highest BCUT2D eigenvalue weighted by Crippen LogP contribution is 2.34. The average molecular weight is 276 g/mol. The van der Waals surface area contributed by atoms with Gasteiger partial charge >= 0.3 is 6.18 Å². The maximum absolute atomic E-state index is 12.4. The number of alkyl halides is 3. The monoisotopic (exact) mass is 276 g/mol. The minimum atomic E-state index is -4.32. The number of halogens is 3. The molecule has 1 saturated heterocycles. The molecule has 2 nitrogen and oxygen atoms in total. The number of anilines is 1. The van der Waals surface area contributed by atoms with E-state index >= 15 is 0 Å². The lowest BCUT2D eigenvalue weighted by Crippen LogP contribution is -2.42. The zero-order chi connectivity index (χ0) is 13.2. The van der Waals surface area contributed by atoms with Crippen molar-refractivity contribution < 1.29 is 13.2 Å². The molecule has 18 heavy (non-hydrogen) atoms. The Morgan fingerprint density at radius 1 is 1.33 bits per heavy atom. The SMILES string of the molecule is Nc1cc(C(F)(F)F)ccc1SCCC1CNC1. The summed E-state index contributed by atoms with van der Waals surface area (Å²) in [4.78, 5) is 0.732. The fourth-order valence-corrected chi connectivity index (χ4v) is 2.81. The number of hydrogen-bond donors (Lipinski definition) is 2. The van der Waals surface area contributed by atoms with Crippen molar-refractivity contribution in [3.63, 3.8) is 0 Å². The van der Waals surface area contributed by atoms with Gasteiger partial charge in [0.1, 0.15) is 0 Å². The highest BCUT2D eigenvalue weighted by Gasteiger charge is 2.30. The van der Waals surface area contributed by atoms with Gasteiger partial charge in [0.25, 0.3) is 0 Å². The number of nitrogen functional groups attached to an aromatic ring is 1. The third kappa shape index (κ3) is 3.32. The Bertz CT molecular complexity index is 416. The first-order valence-electron chi connectivity index (χ1n) is 5.77. The summed E-state index contributed by atoms with van der Waals surface area (Å²) in [6.07, 6.45) is -3.26. The molecule has 1 aromatic rings. The molecule has 0 aromatic heterocycles. The van der Waals surface area contributed by atoms with Crippen LogP contribution in [-0.2, 0) is 6.18 Å². The Morgan fingerprint density at radius 2 is 2.06 bits per heavy atom. The molecule has 0 spiro atoms. The number of rotatable bonds is 4. The highest BCUT2D eigenvalue weighted by molar-refractivity contribution is 7.99. The fourth-order valence-electron chi connectivity index (χ4n) is 1.74. The smallest absolute Gasteiger partial charge is 0.398 e. The lowest BCUT2D eigenvalue weighted by Gasteiger charge is -2.26. The van der Waals surface area contributed by atoms with Crippen molar-refractivity contribution in [2.75, 3.05) is 24.6 Å². The fraction of sp³-hybridized carbons (Fsp3) is 0.500. The number of hydrogen-bond acceptors (Lipinski definition) is 3. The first-order chi connectivity index (χ1) is 8.47. The van der Waals surface area contributed by atoms with Crippen molar-refractivity contribution in [3.8, 4) is 0 Å². The Kier molecular flexibility index (Phi) is 4.07. The van der Waals surface area contributed by atoms with Gasteiger partial charge in [0.05, 0.1) is 5.56 Å². The van der Waals surface area contributed by atoms with E-state index in [0.717, 1.165) is 42.3 Å². The van der Waals surface area contributed by atoms with Crippen molar-refractivity contribution in [2.24, 2.45) is 5.92 Å². The van der Waals surface area contributed by atoms with E-state index in [2.05, 4.69) is 5.32 Å². The molecular formula is C12H15F3N2S. The van der Waals surface area contributed by atoms with E-state index in [1.54, 1.807) is 0 Å². The summed E-state index contributed by atoms with van der Waals surface area (Å²) in [6.45, 7) is 2.09. The van der Waals surface area contributed by atoms with Gasteiger partial charge in [-0.1, -0.05) is 0 Å². The Labute approximate surface area is 108 Å². The second-order valence-corrected chi connectivity index (χ2v) is 5.55. The van der Waals surface area contributed by atoms with Crippen molar-refractivity contribution in [1.29, 1.82) is 0 Å². The second kappa shape index (κ2) is 5.40. The molecule has 0 saturated carbocycles. The normalized spacial score (nSPS) is 16.6. The van der Waals surface area contributed by atoms with Gasteiger partial charge in [-0.25, -0.2) is 0 Å². The summed E-state index contributed by atoms with van der Waals surface area (Å²) in [6, 6.07) is 3.55. The maximum Gasteiger partial charge on any atom is 0.416 e. The molecule has 6 heteroatoms. The zero-order valence-corrected chi connectivity index (χ0v) is 10.6. The van der Waals surface area contributed by atoms with Crippen LogP contribution in [0.1, 0.15) is 12.0 Å². The molecule has 0 unspecified atom stereocenters. The Balaban J connectivity index is 1.92. The highest BCUT2D eigenvalue weighted by atomic mass is 32.2. The van der Waals surface area contributed by atoms with Crippen LogP contribution >= 0.6 is 11.8 Å². The summed E-state index contributed by atoms with van der Waals surface area (Å²) in [5, 5.41) is 3.19. The summed E-state index contributed by atoms with van der Waals surface area (Å²) < 4.78 is 37.3. The van der Waals surface area contributed by atoms with Gasteiger partial charge < -0.3 is 11.1 Å². The first kappa shape index (κ1) is 13.5. The molecular weight excluding hydrogens is 261 g/mol. The molecule has 0 amide bonds. The second-order valence-electron chi connectivity index (χ2n) is 4.41. The number of benzene rings is 1. The van der Waals surface area contributed by atoms with Crippen molar-refractivity contribution in [3.05, 3.63) is 23.8 Å². The lowest BCUT2D eigenvalue weighted by molar-refractivity contribution is -0.137. The Morgan fingerprint density at radius 3 is 2.56 bits per heavy atom. The van der Waals surface area contributed by atoms with Gasteiger partial charge in [0, 0.05) is 10.6 Å². The molecule has 1 aliphatic heterocycles. The van der Waals surface area contributed by atoms with Crippen LogP contribution in [0.25, 0.3) is 0 Å². The summed E-state index contributed by atoms with van der Waals surface area (Å²) >= 11 is 1.52.